The van der Waals surface area contributed by atoms with E-state index in [9.17, 15) is 0 Å². The monoisotopic (exact) mass is 390 g/mol. The van der Waals surface area contributed by atoms with Gasteiger partial charge in [0, 0.05) is 43.9 Å². The Kier molecular flexibility index (Phi) is 5.18. The summed E-state index contributed by atoms with van der Waals surface area (Å²) in [6.45, 7) is 3.96. The summed E-state index contributed by atoms with van der Waals surface area (Å²) >= 11 is 3.51. The molecule has 0 saturated carbocycles. The van der Waals surface area contributed by atoms with Crippen LogP contribution in [0.1, 0.15) is 18.5 Å². The second-order valence-corrected chi connectivity index (χ2v) is 7.15. The first kappa shape index (κ1) is 17.0. The van der Waals surface area contributed by atoms with E-state index in [2.05, 4.69) is 53.2 Å². The number of anilines is 3. The number of hydrogen-bond donors (Lipinski definition) is 1. The molecule has 7 heteroatoms. The van der Waals surface area contributed by atoms with E-state index in [4.69, 9.17) is 0 Å². The number of aromatic nitrogens is 3. The Morgan fingerprint density at radius 2 is 2.08 bits per heavy atom. The Hall–Kier alpha value is -1.89. The molecule has 1 fully saturated rings. The summed E-state index contributed by atoms with van der Waals surface area (Å²) in [5, 5.41) is 3.47. The van der Waals surface area contributed by atoms with Crippen molar-refractivity contribution in [1.82, 2.24) is 15.0 Å². The van der Waals surface area contributed by atoms with E-state index < -0.39 is 0 Å². The van der Waals surface area contributed by atoms with Crippen LogP contribution in [0.25, 0.3) is 0 Å². The van der Waals surface area contributed by atoms with E-state index >= 15 is 0 Å². The molecule has 128 valence electrons. The van der Waals surface area contributed by atoms with Gasteiger partial charge in [-0.15, -0.1) is 0 Å². The van der Waals surface area contributed by atoms with Crippen LogP contribution in [0.3, 0.4) is 0 Å². The van der Waals surface area contributed by atoms with E-state index in [-0.39, 0.29) is 0 Å². The van der Waals surface area contributed by atoms with Gasteiger partial charge < -0.3 is 15.1 Å². The standard InChI is InChI=1S/C17H23BrN6/c1-12-14(18)6-7-16(20-12)24-10-4-5-13(11-24)21-17-19-9-8-15(22-17)23(2)3/h6-9,13H,4-5,10-11H2,1-3H3,(H,19,21,22). The normalized spacial score (nSPS) is 17.7. The average molecular weight is 391 g/mol. The average Bonchev–Trinajstić information content (AvgIpc) is 2.58. The highest BCUT2D eigenvalue weighted by Crippen LogP contribution is 2.23. The molecule has 1 atom stereocenters. The molecule has 0 amide bonds. The zero-order valence-corrected chi connectivity index (χ0v) is 15.9. The predicted octanol–water partition coefficient (Wildman–Crippen LogP) is 3.09. The number of halogens is 1. The number of rotatable bonds is 4. The van der Waals surface area contributed by atoms with Gasteiger partial charge in [-0.2, -0.15) is 4.98 Å². The summed E-state index contributed by atoms with van der Waals surface area (Å²) in [6, 6.07) is 6.37. The van der Waals surface area contributed by atoms with Gasteiger partial charge in [-0.1, -0.05) is 0 Å². The van der Waals surface area contributed by atoms with Crippen LogP contribution in [0.2, 0.25) is 0 Å². The molecule has 1 N–H and O–H groups in total. The van der Waals surface area contributed by atoms with Crippen LogP contribution >= 0.6 is 15.9 Å². The van der Waals surface area contributed by atoms with Crippen molar-refractivity contribution >= 4 is 33.5 Å². The summed E-state index contributed by atoms with van der Waals surface area (Å²) in [5.74, 6) is 2.63. The first-order chi connectivity index (χ1) is 11.5. The van der Waals surface area contributed by atoms with Crippen LogP contribution in [-0.4, -0.2) is 48.2 Å². The van der Waals surface area contributed by atoms with Crippen LogP contribution in [0.15, 0.2) is 28.9 Å². The third kappa shape index (κ3) is 3.95. The molecule has 2 aromatic heterocycles. The molecule has 0 bridgehead atoms. The van der Waals surface area contributed by atoms with Gasteiger partial charge >= 0.3 is 0 Å². The molecule has 0 aromatic carbocycles. The summed E-state index contributed by atoms with van der Waals surface area (Å²) in [6.07, 6.45) is 4.04. The quantitative estimate of drug-likeness (QED) is 0.865. The molecule has 24 heavy (non-hydrogen) atoms. The maximum absolute atomic E-state index is 4.69. The van der Waals surface area contributed by atoms with Gasteiger partial charge in [0.05, 0.1) is 5.69 Å². The van der Waals surface area contributed by atoms with Crippen molar-refractivity contribution in [3.05, 3.63) is 34.6 Å². The van der Waals surface area contributed by atoms with E-state index in [1.54, 1.807) is 6.20 Å². The fourth-order valence-electron chi connectivity index (χ4n) is 2.86. The Morgan fingerprint density at radius 3 is 2.83 bits per heavy atom. The molecule has 3 rings (SSSR count). The van der Waals surface area contributed by atoms with Crippen molar-refractivity contribution < 1.29 is 0 Å². The van der Waals surface area contributed by atoms with Crippen LogP contribution < -0.4 is 15.1 Å². The van der Waals surface area contributed by atoms with Gasteiger partial charge in [-0.3, -0.25) is 0 Å². The molecule has 3 heterocycles. The van der Waals surface area contributed by atoms with Crippen LogP contribution in [0, 0.1) is 6.92 Å². The second-order valence-electron chi connectivity index (χ2n) is 6.30. The highest BCUT2D eigenvalue weighted by molar-refractivity contribution is 9.10. The van der Waals surface area contributed by atoms with Crippen molar-refractivity contribution in [2.75, 3.05) is 42.3 Å². The number of nitrogens with zero attached hydrogens (tertiary/aromatic N) is 5. The van der Waals surface area contributed by atoms with Crippen molar-refractivity contribution in [3.63, 3.8) is 0 Å². The SMILES string of the molecule is Cc1nc(N2CCCC(Nc3nccc(N(C)C)n3)C2)ccc1Br. The van der Waals surface area contributed by atoms with Crippen molar-refractivity contribution in [1.29, 1.82) is 0 Å². The molecular formula is C17H23BrN6. The minimum absolute atomic E-state index is 0.321. The minimum Gasteiger partial charge on any atom is -0.363 e. The summed E-state index contributed by atoms with van der Waals surface area (Å²) in [7, 11) is 3.96. The highest BCUT2D eigenvalue weighted by Gasteiger charge is 2.22. The minimum atomic E-state index is 0.321. The molecule has 1 unspecified atom stereocenters. The third-order valence-corrected chi connectivity index (χ3v) is 5.02. The fourth-order valence-corrected chi connectivity index (χ4v) is 3.08. The number of pyridine rings is 1. The largest absolute Gasteiger partial charge is 0.363 e. The van der Waals surface area contributed by atoms with Crippen molar-refractivity contribution in [3.8, 4) is 0 Å². The summed E-state index contributed by atoms with van der Waals surface area (Å²) < 4.78 is 1.05. The molecule has 1 saturated heterocycles. The lowest BCUT2D eigenvalue weighted by molar-refractivity contribution is 0.524. The van der Waals surface area contributed by atoms with Crippen LogP contribution in [0.5, 0.6) is 0 Å². The van der Waals surface area contributed by atoms with E-state index in [1.807, 2.05) is 32.0 Å². The first-order valence-electron chi connectivity index (χ1n) is 8.18. The smallest absolute Gasteiger partial charge is 0.224 e. The Bertz CT molecular complexity index is 705. The summed E-state index contributed by atoms with van der Waals surface area (Å²) in [4.78, 5) is 17.9. The van der Waals surface area contributed by atoms with Crippen molar-refractivity contribution in [2.45, 2.75) is 25.8 Å². The maximum atomic E-state index is 4.69. The lowest BCUT2D eigenvalue weighted by atomic mass is 10.1. The molecular weight excluding hydrogens is 368 g/mol. The van der Waals surface area contributed by atoms with Gasteiger partial charge in [0.25, 0.3) is 0 Å². The molecule has 0 radical (unpaired) electrons. The van der Waals surface area contributed by atoms with Gasteiger partial charge in [0.1, 0.15) is 11.6 Å². The molecule has 1 aliphatic rings. The van der Waals surface area contributed by atoms with Gasteiger partial charge in [0.15, 0.2) is 0 Å². The lowest BCUT2D eigenvalue weighted by Crippen LogP contribution is -2.42. The lowest BCUT2D eigenvalue weighted by Gasteiger charge is -2.34. The number of hydrogen-bond acceptors (Lipinski definition) is 6. The number of nitrogens with one attached hydrogen (secondary N) is 1. The molecule has 0 aliphatic carbocycles. The fraction of sp³-hybridized carbons (Fsp3) is 0.471. The van der Waals surface area contributed by atoms with Gasteiger partial charge in [-0.25, -0.2) is 9.97 Å². The molecule has 6 nitrogen and oxygen atoms in total. The van der Waals surface area contributed by atoms with Gasteiger partial charge in [-0.05, 0) is 53.9 Å². The maximum Gasteiger partial charge on any atom is 0.224 e. The van der Waals surface area contributed by atoms with Gasteiger partial charge in [0.2, 0.25) is 5.95 Å². The number of aryl methyl sites for hydroxylation is 1. The third-order valence-electron chi connectivity index (χ3n) is 4.18. The number of piperidine rings is 1. The summed E-state index contributed by atoms with van der Waals surface area (Å²) in [5.41, 5.74) is 1.02. The highest BCUT2D eigenvalue weighted by atomic mass is 79.9. The van der Waals surface area contributed by atoms with Crippen LogP contribution in [-0.2, 0) is 0 Å². The topological polar surface area (TPSA) is 57.2 Å². The molecule has 2 aromatic rings. The Balaban J connectivity index is 1.69. The second kappa shape index (κ2) is 7.34. The van der Waals surface area contributed by atoms with E-state index in [1.165, 1.54) is 0 Å². The zero-order chi connectivity index (χ0) is 17.1. The molecule has 1 aliphatic heterocycles. The Labute approximate surface area is 151 Å². The van der Waals surface area contributed by atoms with E-state index in [0.29, 0.717) is 12.0 Å². The van der Waals surface area contributed by atoms with Crippen molar-refractivity contribution in [2.24, 2.45) is 0 Å². The van der Waals surface area contributed by atoms with E-state index in [0.717, 1.165) is 47.7 Å². The zero-order valence-electron chi connectivity index (χ0n) is 14.3. The van der Waals surface area contributed by atoms with Crippen LogP contribution in [0.4, 0.5) is 17.6 Å². The molecule has 0 spiro atoms. The predicted molar refractivity (Wildman–Crippen MR) is 102 cm³/mol. The Morgan fingerprint density at radius 1 is 1.25 bits per heavy atom. The first-order valence-corrected chi connectivity index (χ1v) is 8.97.